The lowest BCUT2D eigenvalue weighted by Gasteiger charge is -2.37. The number of nitrogens with zero attached hydrogens (tertiary/aromatic N) is 3. The summed E-state index contributed by atoms with van der Waals surface area (Å²) in [5.41, 5.74) is 1.82. The standard InChI is InChI=1S/C18H21N3O4S/c1-12-19-14(10-26-12)9-20-4-6-21(7-5-20)17(18(22)23)13-2-3-15-16(8-13)25-11-24-15/h2-3,8,10,17H,4-7,9,11H2,1H3,(H,22,23). The van der Waals surface area contributed by atoms with Crippen LogP contribution in [0.5, 0.6) is 11.5 Å². The molecule has 2 aromatic rings. The van der Waals surface area contributed by atoms with Crippen LogP contribution < -0.4 is 9.47 Å². The monoisotopic (exact) mass is 375 g/mol. The highest BCUT2D eigenvalue weighted by Crippen LogP contribution is 2.35. The highest BCUT2D eigenvalue weighted by atomic mass is 32.1. The summed E-state index contributed by atoms with van der Waals surface area (Å²) in [4.78, 5) is 20.8. The average Bonchev–Trinajstić information content (AvgIpc) is 3.24. The Labute approximate surface area is 155 Å². The molecule has 1 unspecified atom stereocenters. The summed E-state index contributed by atoms with van der Waals surface area (Å²) in [6, 6.07) is 4.71. The summed E-state index contributed by atoms with van der Waals surface area (Å²) < 4.78 is 10.7. The molecule has 1 fully saturated rings. The lowest BCUT2D eigenvalue weighted by Crippen LogP contribution is -2.48. The van der Waals surface area contributed by atoms with Crippen LogP contribution in [0.4, 0.5) is 0 Å². The molecular weight excluding hydrogens is 354 g/mol. The summed E-state index contributed by atoms with van der Waals surface area (Å²) in [5.74, 6) is 0.444. The average molecular weight is 375 g/mol. The molecule has 0 radical (unpaired) electrons. The second-order valence-electron chi connectivity index (χ2n) is 6.52. The third-order valence-corrected chi connectivity index (χ3v) is 5.59. The summed E-state index contributed by atoms with van der Waals surface area (Å²) in [5, 5.41) is 13.0. The molecule has 2 aliphatic heterocycles. The molecule has 138 valence electrons. The van der Waals surface area contributed by atoms with E-state index in [0.717, 1.165) is 35.9 Å². The van der Waals surface area contributed by atoms with Crippen LogP contribution in [0.15, 0.2) is 23.6 Å². The molecule has 0 bridgehead atoms. The lowest BCUT2D eigenvalue weighted by molar-refractivity contribution is -0.144. The van der Waals surface area contributed by atoms with Gasteiger partial charge < -0.3 is 14.6 Å². The number of aliphatic carboxylic acids is 1. The Bertz CT molecular complexity index is 801. The van der Waals surface area contributed by atoms with E-state index in [1.54, 1.807) is 23.5 Å². The van der Waals surface area contributed by atoms with Crippen LogP contribution in [0.3, 0.4) is 0 Å². The van der Waals surface area contributed by atoms with Crippen LogP contribution in [-0.2, 0) is 11.3 Å². The lowest BCUT2D eigenvalue weighted by atomic mass is 10.0. The minimum atomic E-state index is -0.840. The van der Waals surface area contributed by atoms with Gasteiger partial charge in [-0.25, -0.2) is 4.98 Å². The molecule has 1 atom stereocenters. The van der Waals surface area contributed by atoms with Crippen LogP contribution >= 0.6 is 11.3 Å². The van der Waals surface area contributed by atoms with Crippen molar-refractivity contribution in [3.05, 3.63) is 39.8 Å². The van der Waals surface area contributed by atoms with Gasteiger partial charge in [0, 0.05) is 38.1 Å². The van der Waals surface area contributed by atoms with Crippen molar-refractivity contribution in [2.24, 2.45) is 0 Å². The van der Waals surface area contributed by atoms with E-state index in [0.29, 0.717) is 24.6 Å². The number of hydrogen-bond acceptors (Lipinski definition) is 7. The Balaban J connectivity index is 1.43. The molecule has 8 heteroatoms. The number of carbonyl (C=O) groups is 1. The Morgan fingerprint density at radius 3 is 2.73 bits per heavy atom. The predicted molar refractivity (Wildman–Crippen MR) is 96.6 cm³/mol. The summed E-state index contributed by atoms with van der Waals surface area (Å²) in [7, 11) is 0. The number of fused-ring (bicyclic) bond motifs is 1. The normalized spacial score (nSPS) is 18.8. The van der Waals surface area contributed by atoms with Gasteiger partial charge in [-0.1, -0.05) is 6.07 Å². The van der Waals surface area contributed by atoms with Gasteiger partial charge >= 0.3 is 5.97 Å². The number of hydrogen-bond donors (Lipinski definition) is 1. The van der Waals surface area contributed by atoms with Crippen molar-refractivity contribution < 1.29 is 19.4 Å². The first-order chi connectivity index (χ1) is 12.6. The van der Waals surface area contributed by atoms with Crippen LogP contribution in [0.25, 0.3) is 0 Å². The second-order valence-corrected chi connectivity index (χ2v) is 7.59. The molecule has 1 aromatic heterocycles. The SMILES string of the molecule is Cc1nc(CN2CCN(C(C(=O)O)c3ccc4c(c3)OCO4)CC2)cs1. The number of aryl methyl sites for hydroxylation is 1. The fraction of sp³-hybridized carbons (Fsp3) is 0.444. The highest BCUT2D eigenvalue weighted by molar-refractivity contribution is 7.09. The van der Waals surface area contributed by atoms with E-state index < -0.39 is 12.0 Å². The van der Waals surface area contributed by atoms with Gasteiger partial charge in [0.25, 0.3) is 0 Å². The Hall–Kier alpha value is -2.16. The number of piperazine rings is 1. The minimum Gasteiger partial charge on any atom is -0.480 e. The number of carboxylic acid groups (broad SMARTS) is 1. The Kier molecular flexibility index (Phi) is 4.80. The van der Waals surface area contributed by atoms with Crippen LogP contribution in [0.1, 0.15) is 22.3 Å². The molecule has 1 N–H and O–H groups in total. The van der Waals surface area contributed by atoms with Gasteiger partial charge in [-0.2, -0.15) is 0 Å². The number of rotatable bonds is 5. The van der Waals surface area contributed by atoms with Crippen molar-refractivity contribution in [2.75, 3.05) is 33.0 Å². The van der Waals surface area contributed by atoms with E-state index in [2.05, 4.69) is 15.3 Å². The van der Waals surface area contributed by atoms with E-state index in [9.17, 15) is 9.90 Å². The molecule has 0 saturated carbocycles. The molecule has 2 aliphatic rings. The zero-order chi connectivity index (χ0) is 18.1. The predicted octanol–water partition coefficient (Wildman–Crippen LogP) is 2.12. The summed E-state index contributed by atoms with van der Waals surface area (Å²) in [6.07, 6.45) is 0. The first kappa shape index (κ1) is 17.3. The van der Waals surface area contributed by atoms with Gasteiger partial charge in [0.1, 0.15) is 6.04 Å². The topological polar surface area (TPSA) is 75.1 Å². The Morgan fingerprint density at radius 2 is 2.04 bits per heavy atom. The van der Waals surface area contributed by atoms with Gasteiger partial charge in [0.05, 0.1) is 10.7 Å². The van der Waals surface area contributed by atoms with Crippen molar-refractivity contribution >= 4 is 17.3 Å². The van der Waals surface area contributed by atoms with Crippen LogP contribution in [-0.4, -0.2) is 58.8 Å². The molecule has 3 heterocycles. The van der Waals surface area contributed by atoms with Crippen LogP contribution in [0, 0.1) is 6.92 Å². The number of thiazole rings is 1. The second kappa shape index (κ2) is 7.22. The molecule has 1 saturated heterocycles. The van der Waals surface area contributed by atoms with Gasteiger partial charge in [0.15, 0.2) is 11.5 Å². The number of benzene rings is 1. The van der Waals surface area contributed by atoms with E-state index in [1.807, 2.05) is 17.9 Å². The molecular formula is C18H21N3O4S. The van der Waals surface area contributed by atoms with Gasteiger partial charge in [-0.15, -0.1) is 11.3 Å². The van der Waals surface area contributed by atoms with Crippen molar-refractivity contribution in [3.8, 4) is 11.5 Å². The highest BCUT2D eigenvalue weighted by Gasteiger charge is 2.31. The quantitative estimate of drug-likeness (QED) is 0.858. The van der Waals surface area contributed by atoms with Crippen molar-refractivity contribution in [2.45, 2.75) is 19.5 Å². The molecule has 26 heavy (non-hydrogen) atoms. The third kappa shape index (κ3) is 3.53. The van der Waals surface area contributed by atoms with E-state index in [1.165, 1.54) is 0 Å². The number of ether oxygens (including phenoxy) is 2. The molecule has 0 spiro atoms. The molecule has 4 rings (SSSR count). The maximum absolute atomic E-state index is 11.9. The van der Waals surface area contributed by atoms with Crippen LogP contribution in [0.2, 0.25) is 0 Å². The van der Waals surface area contributed by atoms with Crippen molar-refractivity contribution in [1.29, 1.82) is 0 Å². The van der Waals surface area contributed by atoms with Crippen molar-refractivity contribution in [1.82, 2.24) is 14.8 Å². The third-order valence-electron chi connectivity index (χ3n) is 4.77. The largest absolute Gasteiger partial charge is 0.480 e. The minimum absolute atomic E-state index is 0.186. The number of carboxylic acids is 1. The fourth-order valence-electron chi connectivity index (χ4n) is 3.48. The maximum atomic E-state index is 11.9. The maximum Gasteiger partial charge on any atom is 0.325 e. The molecule has 0 amide bonds. The molecule has 7 nitrogen and oxygen atoms in total. The molecule has 0 aliphatic carbocycles. The van der Waals surface area contributed by atoms with E-state index >= 15 is 0 Å². The van der Waals surface area contributed by atoms with Gasteiger partial charge in [-0.05, 0) is 24.6 Å². The Morgan fingerprint density at radius 1 is 1.27 bits per heavy atom. The smallest absolute Gasteiger partial charge is 0.325 e. The van der Waals surface area contributed by atoms with Gasteiger partial charge in [-0.3, -0.25) is 14.6 Å². The zero-order valence-electron chi connectivity index (χ0n) is 14.6. The first-order valence-electron chi connectivity index (χ1n) is 8.60. The number of aromatic nitrogens is 1. The zero-order valence-corrected chi connectivity index (χ0v) is 15.4. The van der Waals surface area contributed by atoms with E-state index in [-0.39, 0.29) is 6.79 Å². The first-order valence-corrected chi connectivity index (χ1v) is 9.48. The molecule has 1 aromatic carbocycles. The summed E-state index contributed by atoms with van der Waals surface area (Å²) in [6.45, 7) is 6.07. The van der Waals surface area contributed by atoms with E-state index in [4.69, 9.17) is 9.47 Å². The van der Waals surface area contributed by atoms with Gasteiger partial charge in [0.2, 0.25) is 6.79 Å². The van der Waals surface area contributed by atoms with Crippen molar-refractivity contribution in [3.63, 3.8) is 0 Å². The summed E-state index contributed by atoms with van der Waals surface area (Å²) >= 11 is 1.66. The fourth-order valence-corrected chi connectivity index (χ4v) is 4.09.